The first kappa shape index (κ1) is 21.3. The number of benzene rings is 2. The van der Waals surface area contributed by atoms with Crippen LogP contribution in [0.15, 0.2) is 36.5 Å². The highest BCUT2D eigenvalue weighted by Gasteiger charge is 2.37. The largest absolute Gasteiger partial charge is 0.418 e. The first-order valence-corrected chi connectivity index (χ1v) is 11.4. The highest BCUT2D eigenvalue weighted by molar-refractivity contribution is 5.98. The maximum absolute atomic E-state index is 14.3. The van der Waals surface area contributed by atoms with Crippen LogP contribution in [0.4, 0.5) is 27.8 Å². The number of fused-ring (bicyclic) bond motifs is 5. The molecule has 2 aromatic carbocycles. The Bertz CT molecular complexity index is 1400. The van der Waals surface area contributed by atoms with Crippen molar-refractivity contribution in [1.82, 2.24) is 15.0 Å². The van der Waals surface area contributed by atoms with E-state index in [4.69, 9.17) is 0 Å². The number of anilines is 1. The zero-order valence-corrected chi connectivity index (χ0v) is 18.0. The van der Waals surface area contributed by atoms with Crippen LogP contribution in [-0.2, 0) is 6.18 Å². The Morgan fingerprint density at radius 3 is 2.47 bits per heavy atom. The molecule has 0 saturated heterocycles. The van der Waals surface area contributed by atoms with E-state index in [1.165, 1.54) is 25.1 Å². The minimum Gasteiger partial charge on any atom is -0.366 e. The Morgan fingerprint density at radius 2 is 1.76 bits per heavy atom. The maximum atomic E-state index is 14.3. The summed E-state index contributed by atoms with van der Waals surface area (Å²) in [5.74, 6) is -0.242. The van der Waals surface area contributed by atoms with E-state index >= 15 is 0 Å². The Kier molecular flexibility index (Phi) is 4.79. The number of aromatic amines is 1. The zero-order chi connectivity index (χ0) is 23.6. The van der Waals surface area contributed by atoms with E-state index in [0.29, 0.717) is 17.7 Å². The fourth-order valence-corrected chi connectivity index (χ4v) is 5.68. The number of hydrogen-bond donors (Lipinski definition) is 2. The molecular formula is C25H21F5N4. The Hall–Kier alpha value is -3.23. The molecule has 34 heavy (non-hydrogen) atoms. The van der Waals surface area contributed by atoms with Gasteiger partial charge in [-0.05, 0) is 49.3 Å². The quantitative estimate of drug-likeness (QED) is 0.314. The molecule has 2 bridgehead atoms. The number of hydrogen-bond acceptors (Lipinski definition) is 3. The fraction of sp³-hybridized carbons (Fsp3) is 0.360. The molecule has 0 amide bonds. The van der Waals surface area contributed by atoms with Gasteiger partial charge in [-0.3, -0.25) is 0 Å². The second-order valence-electron chi connectivity index (χ2n) is 9.38. The van der Waals surface area contributed by atoms with Crippen LogP contribution >= 0.6 is 0 Å². The summed E-state index contributed by atoms with van der Waals surface area (Å²) in [6.45, 7) is 0. The highest BCUT2D eigenvalue weighted by Crippen LogP contribution is 2.44. The van der Waals surface area contributed by atoms with Crippen LogP contribution < -0.4 is 5.32 Å². The number of nitrogens with one attached hydrogen (secondary N) is 2. The number of rotatable bonds is 3. The molecule has 4 nitrogen and oxygen atoms in total. The van der Waals surface area contributed by atoms with Gasteiger partial charge in [0.05, 0.1) is 16.6 Å². The van der Waals surface area contributed by atoms with Crippen molar-refractivity contribution in [2.75, 3.05) is 5.32 Å². The van der Waals surface area contributed by atoms with E-state index in [0.717, 1.165) is 37.5 Å². The lowest BCUT2D eigenvalue weighted by Gasteiger charge is -2.43. The van der Waals surface area contributed by atoms with Crippen LogP contribution in [0.25, 0.3) is 33.2 Å². The van der Waals surface area contributed by atoms with Crippen LogP contribution in [0.5, 0.6) is 0 Å². The number of nitrogens with zero attached hydrogens (tertiary/aromatic N) is 2. The number of halogens is 5. The van der Waals surface area contributed by atoms with Crippen LogP contribution in [0.1, 0.15) is 37.7 Å². The van der Waals surface area contributed by atoms with Crippen LogP contribution in [-0.4, -0.2) is 21.0 Å². The molecule has 0 spiro atoms. The average molecular weight is 472 g/mol. The summed E-state index contributed by atoms with van der Waals surface area (Å²) in [7, 11) is 0. The first-order chi connectivity index (χ1) is 16.3. The lowest BCUT2D eigenvalue weighted by Crippen LogP contribution is -2.40. The smallest absolute Gasteiger partial charge is 0.366 e. The van der Waals surface area contributed by atoms with Gasteiger partial charge in [-0.15, -0.1) is 0 Å². The van der Waals surface area contributed by atoms with Gasteiger partial charge in [0.25, 0.3) is 0 Å². The fourth-order valence-electron chi connectivity index (χ4n) is 5.68. The minimum atomic E-state index is -4.62. The molecule has 2 N–H and O–H groups in total. The van der Waals surface area contributed by atoms with Crippen molar-refractivity contribution in [2.45, 2.75) is 44.3 Å². The number of aromatic nitrogens is 3. The Balaban J connectivity index is 1.55. The summed E-state index contributed by atoms with van der Waals surface area (Å²) >= 11 is 0. The molecule has 0 aliphatic heterocycles. The standard InChI is InChI=1S/C25H21F5N4/c26-14-9-16-17(11-31-22(16)19(27)10-14)24-33-21-15(2-1-3-18(21)25(28,29)30)23(34-24)32-20-8-12-4-6-13(20)7-5-12/h1-3,9-13,20,31H,4-8H2,(H,32,33,34). The molecule has 1 atom stereocenters. The molecule has 2 heterocycles. The minimum absolute atomic E-state index is 0.0241. The van der Waals surface area contributed by atoms with Gasteiger partial charge >= 0.3 is 6.18 Å². The van der Waals surface area contributed by atoms with E-state index in [1.54, 1.807) is 6.07 Å². The molecule has 4 aromatic rings. The van der Waals surface area contributed by atoms with E-state index < -0.39 is 23.4 Å². The van der Waals surface area contributed by atoms with E-state index in [9.17, 15) is 22.0 Å². The number of alkyl halides is 3. The van der Waals surface area contributed by atoms with Gasteiger partial charge in [0, 0.05) is 34.6 Å². The molecule has 3 aliphatic carbocycles. The maximum Gasteiger partial charge on any atom is 0.418 e. The van der Waals surface area contributed by atoms with Crippen molar-refractivity contribution in [3.05, 3.63) is 53.7 Å². The van der Waals surface area contributed by atoms with Crippen molar-refractivity contribution in [2.24, 2.45) is 11.8 Å². The lowest BCUT2D eigenvalue weighted by molar-refractivity contribution is -0.136. The van der Waals surface area contributed by atoms with Crippen molar-refractivity contribution in [3.8, 4) is 11.4 Å². The van der Waals surface area contributed by atoms with Gasteiger partial charge in [-0.25, -0.2) is 18.7 Å². The summed E-state index contributed by atoms with van der Waals surface area (Å²) in [6.07, 6.45) is 2.28. The Morgan fingerprint density at radius 1 is 0.971 bits per heavy atom. The van der Waals surface area contributed by atoms with E-state index in [-0.39, 0.29) is 39.2 Å². The normalized spacial score (nSPS) is 22.6. The summed E-state index contributed by atoms with van der Waals surface area (Å²) in [5.41, 5.74) is -0.836. The summed E-state index contributed by atoms with van der Waals surface area (Å²) < 4.78 is 69.8. The van der Waals surface area contributed by atoms with Crippen molar-refractivity contribution in [1.29, 1.82) is 0 Å². The van der Waals surface area contributed by atoms with E-state index in [1.807, 2.05) is 0 Å². The molecule has 2 aromatic heterocycles. The molecule has 176 valence electrons. The monoisotopic (exact) mass is 472 g/mol. The first-order valence-electron chi connectivity index (χ1n) is 11.4. The zero-order valence-electron chi connectivity index (χ0n) is 18.0. The third-order valence-electron chi connectivity index (χ3n) is 7.35. The van der Waals surface area contributed by atoms with Gasteiger partial charge in [0.15, 0.2) is 5.82 Å². The number of para-hydroxylation sites is 1. The third-order valence-corrected chi connectivity index (χ3v) is 7.35. The van der Waals surface area contributed by atoms with Crippen LogP contribution in [0.2, 0.25) is 0 Å². The molecule has 0 radical (unpaired) electrons. The van der Waals surface area contributed by atoms with Gasteiger partial charge in [0.2, 0.25) is 0 Å². The second-order valence-corrected chi connectivity index (χ2v) is 9.38. The third kappa shape index (κ3) is 3.49. The number of H-pyrrole nitrogens is 1. The van der Waals surface area contributed by atoms with Crippen LogP contribution in [0, 0.1) is 23.5 Å². The van der Waals surface area contributed by atoms with Gasteiger partial charge in [0.1, 0.15) is 17.5 Å². The highest BCUT2D eigenvalue weighted by atomic mass is 19.4. The summed E-state index contributed by atoms with van der Waals surface area (Å²) in [5, 5.41) is 3.88. The van der Waals surface area contributed by atoms with Gasteiger partial charge in [-0.1, -0.05) is 18.9 Å². The summed E-state index contributed by atoms with van der Waals surface area (Å²) in [4.78, 5) is 11.6. The predicted molar refractivity (Wildman–Crippen MR) is 119 cm³/mol. The van der Waals surface area contributed by atoms with Crippen molar-refractivity contribution in [3.63, 3.8) is 0 Å². The Labute approximate surface area is 191 Å². The van der Waals surface area contributed by atoms with Gasteiger partial charge in [-0.2, -0.15) is 13.2 Å². The molecular weight excluding hydrogens is 451 g/mol. The average Bonchev–Trinajstić information content (AvgIpc) is 3.23. The molecule has 9 heteroatoms. The summed E-state index contributed by atoms with van der Waals surface area (Å²) in [6, 6.07) is 5.90. The second kappa shape index (κ2) is 7.65. The van der Waals surface area contributed by atoms with Crippen molar-refractivity contribution < 1.29 is 22.0 Å². The molecule has 7 rings (SSSR count). The topological polar surface area (TPSA) is 53.6 Å². The van der Waals surface area contributed by atoms with Crippen LogP contribution in [0.3, 0.4) is 0 Å². The molecule has 3 aliphatic rings. The molecule has 3 saturated carbocycles. The van der Waals surface area contributed by atoms with Gasteiger partial charge < -0.3 is 10.3 Å². The van der Waals surface area contributed by atoms with E-state index in [2.05, 4.69) is 20.3 Å². The lowest BCUT2D eigenvalue weighted by atomic mass is 9.68. The van der Waals surface area contributed by atoms with Crippen molar-refractivity contribution >= 4 is 27.6 Å². The SMILES string of the molecule is Fc1cc(F)c2[nH]cc(-c3nc(NC4CC5CCC4CC5)c4cccc(C(F)(F)F)c4n3)c2c1. The molecule has 3 fully saturated rings. The predicted octanol–water partition coefficient (Wildman–Crippen LogP) is 7.07. The molecule has 1 unspecified atom stereocenters.